The number of nitrogens with one attached hydrogen (secondary N) is 2. The lowest BCUT2D eigenvalue weighted by Crippen LogP contribution is -2.51. The van der Waals surface area contributed by atoms with E-state index in [1.807, 2.05) is 6.92 Å². The van der Waals surface area contributed by atoms with Crippen molar-refractivity contribution in [3.63, 3.8) is 0 Å². The zero-order valence-electron chi connectivity index (χ0n) is 16.3. The van der Waals surface area contributed by atoms with Crippen molar-refractivity contribution in [2.24, 2.45) is 0 Å². The molecule has 7 heteroatoms. The lowest BCUT2D eigenvalue weighted by atomic mass is 9.72. The number of amides is 3. The quantitative estimate of drug-likeness (QED) is 0.730. The van der Waals surface area contributed by atoms with Crippen molar-refractivity contribution in [3.8, 4) is 5.75 Å². The van der Waals surface area contributed by atoms with E-state index in [1.54, 1.807) is 36.4 Å². The zero-order chi connectivity index (χ0) is 21.0. The van der Waals surface area contributed by atoms with E-state index in [-0.39, 0.29) is 23.8 Å². The Bertz CT molecular complexity index is 911. The molecule has 0 unspecified atom stereocenters. The van der Waals surface area contributed by atoms with Gasteiger partial charge in [-0.1, -0.05) is 31.2 Å². The number of hydrogen-bond acceptors (Lipinski definition) is 4. The zero-order valence-corrected chi connectivity index (χ0v) is 16.3. The van der Waals surface area contributed by atoms with E-state index in [0.29, 0.717) is 24.3 Å². The summed E-state index contributed by atoms with van der Waals surface area (Å²) in [7, 11) is 1.51. The van der Waals surface area contributed by atoms with E-state index < -0.39 is 17.5 Å². The van der Waals surface area contributed by atoms with Crippen LogP contribution in [0.4, 0.5) is 10.1 Å². The molecule has 0 bridgehead atoms. The Kier molecular flexibility index (Phi) is 5.96. The van der Waals surface area contributed by atoms with Crippen LogP contribution in [-0.4, -0.2) is 24.8 Å². The Morgan fingerprint density at radius 3 is 2.38 bits per heavy atom. The summed E-state index contributed by atoms with van der Waals surface area (Å²) in [6.45, 7) is 1.90. The van der Waals surface area contributed by atoms with Crippen molar-refractivity contribution in [1.29, 1.82) is 0 Å². The van der Waals surface area contributed by atoms with Crippen LogP contribution in [0.1, 0.15) is 43.5 Å². The average Bonchev–Trinajstić information content (AvgIpc) is 2.74. The second-order valence-corrected chi connectivity index (χ2v) is 7.02. The van der Waals surface area contributed by atoms with Crippen LogP contribution in [0.5, 0.6) is 5.75 Å². The average molecular weight is 398 g/mol. The summed E-state index contributed by atoms with van der Waals surface area (Å²) >= 11 is 0. The third-order valence-electron chi connectivity index (χ3n) is 5.41. The number of methoxy groups -OCH3 is 1. The van der Waals surface area contributed by atoms with Gasteiger partial charge in [-0.2, -0.15) is 0 Å². The van der Waals surface area contributed by atoms with Gasteiger partial charge in [-0.25, -0.2) is 4.39 Å². The summed E-state index contributed by atoms with van der Waals surface area (Å²) in [5.74, 6) is -0.781. The molecule has 1 heterocycles. The van der Waals surface area contributed by atoms with Crippen LogP contribution in [0.2, 0.25) is 0 Å². The van der Waals surface area contributed by atoms with Crippen molar-refractivity contribution in [3.05, 3.63) is 59.7 Å². The minimum atomic E-state index is -1.82. The van der Waals surface area contributed by atoms with Gasteiger partial charge in [0.05, 0.1) is 12.5 Å². The van der Waals surface area contributed by atoms with Gasteiger partial charge in [0.1, 0.15) is 5.75 Å². The van der Waals surface area contributed by atoms with Gasteiger partial charge in [-0.3, -0.25) is 19.7 Å². The normalized spacial score (nSPS) is 20.0. The van der Waals surface area contributed by atoms with E-state index >= 15 is 0 Å². The summed E-state index contributed by atoms with van der Waals surface area (Å²) in [6.07, 6.45) is -0.562. The highest BCUT2D eigenvalue weighted by molar-refractivity contribution is 6.03. The number of imide groups is 1. The van der Waals surface area contributed by atoms with Gasteiger partial charge in [-0.15, -0.1) is 0 Å². The smallest absolute Gasteiger partial charge is 0.263 e. The van der Waals surface area contributed by atoms with Gasteiger partial charge in [0.25, 0.3) is 5.91 Å². The summed E-state index contributed by atoms with van der Waals surface area (Å²) in [6, 6.07) is 12.9. The minimum absolute atomic E-state index is 0.230. The predicted molar refractivity (Wildman–Crippen MR) is 106 cm³/mol. The van der Waals surface area contributed by atoms with Crippen molar-refractivity contribution in [2.45, 2.75) is 37.8 Å². The third kappa shape index (κ3) is 4.13. The Hall–Kier alpha value is -3.22. The highest BCUT2D eigenvalue weighted by atomic mass is 19.1. The van der Waals surface area contributed by atoms with E-state index in [1.165, 1.54) is 19.2 Å². The number of hydrogen-bond donors (Lipinski definition) is 2. The van der Waals surface area contributed by atoms with Crippen LogP contribution in [-0.2, 0) is 19.8 Å². The lowest BCUT2D eigenvalue weighted by Gasteiger charge is -2.35. The first kappa shape index (κ1) is 20.5. The molecule has 3 amide bonds. The fraction of sp³-hybridized carbons (Fsp3) is 0.318. The molecule has 0 radical (unpaired) electrons. The van der Waals surface area contributed by atoms with Crippen LogP contribution in [0.15, 0.2) is 48.5 Å². The van der Waals surface area contributed by atoms with E-state index in [0.717, 1.165) is 5.56 Å². The molecule has 3 rings (SSSR count). The molecule has 0 aromatic heterocycles. The molecule has 1 aliphatic rings. The number of benzene rings is 2. The van der Waals surface area contributed by atoms with Crippen LogP contribution in [0.3, 0.4) is 0 Å². The summed E-state index contributed by atoms with van der Waals surface area (Å²) in [5, 5.41) is 4.95. The van der Waals surface area contributed by atoms with Gasteiger partial charge in [0.2, 0.25) is 18.0 Å². The van der Waals surface area contributed by atoms with E-state index in [2.05, 4.69) is 10.6 Å². The fourth-order valence-electron chi connectivity index (χ4n) is 3.57. The first-order valence-electron chi connectivity index (χ1n) is 9.43. The molecule has 2 N–H and O–H groups in total. The number of ether oxygens (including phenoxy) is 1. The Morgan fingerprint density at radius 2 is 1.83 bits per heavy atom. The Morgan fingerprint density at radius 1 is 1.17 bits per heavy atom. The lowest BCUT2D eigenvalue weighted by molar-refractivity contribution is -0.138. The SMILES string of the molecule is CC[C@]1(c2ccc(NC(=O)[C@H](F)c3ccc(OC)cc3)cc2)CCC(=O)NC1=O. The maximum atomic E-state index is 14.5. The molecule has 1 aliphatic heterocycles. The second kappa shape index (κ2) is 8.43. The van der Waals surface area contributed by atoms with Crippen LogP contribution in [0, 0.1) is 0 Å². The highest BCUT2D eigenvalue weighted by Crippen LogP contribution is 2.36. The summed E-state index contributed by atoms with van der Waals surface area (Å²) in [5.41, 5.74) is 0.638. The monoisotopic (exact) mass is 398 g/mol. The van der Waals surface area contributed by atoms with E-state index in [9.17, 15) is 18.8 Å². The van der Waals surface area contributed by atoms with Crippen molar-refractivity contribution in [2.75, 3.05) is 12.4 Å². The number of carbonyl (C=O) groups is 3. The molecule has 1 saturated heterocycles. The molecule has 0 spiro atoms. The standard InChI is InChI=1S/C22H23FN2O4/c1-3-22(13-12-18(26)25-21(22)28)15-6-8-16(9-7-15)24-20(27)19(23)14-4-10-17(29-2)11-5-14/h4-11,19H,3,12-13H2,1-2H3,(H,24,27)(H,25,26,28)/t19-,22-/m1/s1. The maximum absolute atomic E-state index is 14.5. The molecular formula is C22H23FN2O4. The van der Waals surface area contributed by atoms with Gasteiger partial charge < -0.3 is 10.1 Å². The van der Waals surface area contributed by atoms with E-state index in [4.69, 9.17) is 4.74 Å². The minimum Gasteiger partial charge on any atom is -0.497 e. The largest absolute Gasteiger partial charge is 0.497 e. The maximum Gasteiger partial charge on any atom is 0.263 e. The number of piperidine rings is 1. The number of rotatable bonds is 6. The van der Waals surface area contributed by atoms with Crippen LogP contribution in [0.25, 0.3) is 0 Å². The predicted octanol–water partition coefficient (Wildman–Crippen LogP) is 3.43. The fourth-order valence-corrected chi connectivity index (χ4v) is 3.57. The third-order valence-corrected chi connectivity index (χ3v) is 5.41. The first-order valence-corrected chi connectivity index (χ1v) is 9.43. The molecule has 2 aromatic carbocycles. The summed E-state index contributed by atoms with van der Waals surface area (Å²) in [4.78, 5) is 36.2. The van der Waals surface area contributed by atoms with Crippen molar-refractivity contribution >= 4 is 23.4 Å². The number of alkyl halides is 1. The Balaban J connectivity index is 1.71. The van der Waals surface area contributed by atoms with Gasteiger partial charge in [-0.05, 0) is 48.2 Å². The van der Waals surface area contributed by atoms with Crippen LogP contribution < -0.4 is 15.4 Å². The van der Waals surface area contributed by atoms with Gasteiger partial charge in [0, 0.05) is 12.1 Å². The summed E-state index contributed by atoms with van der Waals surface area (Å²) < 4.78 is 19.5. The molecule has 2 atom stereocenters. The molecule has 2 aromatic rings. The number of halogens is 1. The first-order chi connectivity index (χ1) is 13.9. The van der Waals surface area contributed by atoms with Crippen molar-refractivity contribution < 1.29 is 23.5 Å². The molecule has 29 heavy (non-hydrogen) atoms. The van der Waals surface area contributed by atoms with Crippen molar-refractivity contribution in [1.82, 2.24) is 5.32 Å². The molecule has 0 aliphatic carbocycles. The van der Waals surface area contributed by atoms with Gasteiger partial charge >= 0.3 is 0 Å². The molecule has 6 nitrogen and oxygen atoms in total. The molecule has 1 fully saturated rings. The second-order valence-electron chi connectivity index (χ2n) is 7.02. The Labute approximate surface area is 168 Å². The molecule has 152 valence electrons. The number of carbonyl (C=O) groups excluding carboxylic acids is 3. The highest BCUT2D eigenvalue weighted by Gasteiger charge is 2.42. The van der Waals surface area contributed by atoms with Gasteiger partial charge in [0.15, 0.2) is 0 Å². The molecular weight excluding hydrogens is 375 g/mol. The number of anilines is 1. The topological polar surface area (TPSA) is 84.5 Å². The van der Waals surface area contributed by atoms with Crippen LogP contribution >= 0.6 is 0 Å². The molecule has 0 saturated carbocycles.